The van der Waals surface area contributed by atoms with Crippen LogP contribution in [0.1, 0.15) is 5.56 Å². The zero-order valence-corrected chi connectivity index (χ0v) is 24.7. The average molecular weight is 568 g/mol. The molecule has 0 radical (unpaired) electrons. The summed E-state index contributed by atoms with van der Waals surface area (Å²) in [6, 6.07) is 39.1. The van der Waals surface area contributed by atoms with Gasteiger partial charge in [0.15, 0.2) is 0 Å². The Bertz CT molecular complexity index is 2510. The standard InChI is InChI=1S/C38H25N3OSi/c1-43(2)37-25(24-17-23(20-39)21-40-22-24)11-7-12-28(37)29-13-8-15-33(38(29)43)41-32-14-5-3-9-26(32)30-19-36-31(18-34(30)41)27-10-4-6-16-35(27)42-36/h3-19,21-22H,1-2H3. The third kappa shape index (κ3) is 3.21. The van der Waals surface area contributed by atoms with Gasteiger partial charge in [-0.3, -0.25) is 4.98 Å². The molecule has 0 atom stereocenters. The van der Waals surface area contributed by atoms with Gasteiger partial charge in [0.05, 0.1) is 16.6 Å². The lowest BCUT2D eigenvalue weighted by atomic mass is 9.99. The van der Waals surface area contributed by atoms with Gasteiger partial charge in [0.25, 0.3) is 0 Å². The molecule has 9 rings (SSSR count). The van der Waals surface area contributed by atoms with Gasteiger partial charge in [-0.15, -0.1) is 0 Å². The summed E-state index contributed by atoms with van der Waals surface area (Å²) in [6.45, 7) is 4.92. The summed E-state index contributed by atoms with van der Waals surface area (Å²) in [7, 11) is -2.25. The van der Waals surface area contributed by atoms with Gasteiger partial charge < -0.3 is 8.98 Å². The number of fused-ring (bicyclic) bond motifs is 9. The maximum atomic E-state index is 9.58. The van der Waals surface area contributed by atoms with E-state index in [2.05, 4.69) is 114 Å². The molecule has 1 aliphatic rings. The Morgan fingerprint density at radius 1 is 0.651 bits per heavy atom. The fraction of sp³-hybridized carbons (Fsp3) is 0.0526. The van der Waals surface area contributed by atoms with Crippen molar-refractivity contribution in [2.45, 2.75) is 13.1 Å². The van der Waals surface area contributed by atoms with E-state index in [4.69, 9.17) is 4.42 Å². The first kappa shape index (κ1) is 24.2. The summed E-state index contributed by atoms with van der Waals surface area (Å²) < 4.78 is 8.79. The largest absolute Gasteiger partial charge is 0.456 e. The number of benzene rings is 5. The fourth-order valence-corrected chi connectivity index (χ4v) is 11.3. The van der Waals surface area contributed by atoms with Crippen LogP contribution in [0, 0.1) is 11.3 Å². The van der Waals surface area contributed by atoms with Crippen LogP contribution in [0.25, 0.3) is 71.7 Å². The van der Waals surface area contributed by atoms with Crippen molar-refractivity contribution in [3.05, 3.63) is 121 Å². The molecule has 8 aromatic rings. The van der Waals surface area contributed by atoms with Crippen LogP contribution in [-0.4, -0.2) is 17.6 Å². The first-order chi connectivity index (χ1) is 21.0. The van der Waals surface area contributed by atoms with E-state index in [1.807, 2.05) is 24.4 Å². The summed E-state index contributed by atoms with van der Waals surface area (Å²) in [4.78, 5) is 4.40. The maximum Gasteiger partial charge on any atom is 0.136 e. The van der Waals surface area contributed by atoms with Crippen molar-refractivity contribution >= 4 is 62.2 Å². The van der Waals surface area contributed by atoms with Crippen molar-refractivity contribution < 1.29 is 4.42 Å². The predicted octanol–water partition coefficient (Wildman–Crippen LogP) is 8.42. The highest BCUT2D eigenvalue weighted by atomic mass is 28.3. The zero-order valence-electron chi connectivity index (χ0n) is 23.7. The van der Waals surface area contributed by atoms with E-state index in [9.17, 15) is 5.26 Å². The normalized spacial score (nSPS) is 13.5. The quantitative estimate of drug-likeness (QED) is 0.197. The number of furan rings is 1. The smallest absolute Gasteiger partial charge is 0.136 e. The molecule has 5 aromatic carbocycles. The van der Waals surface area contributed by atoms with E-state index < -0.39 is 8.07 Å². The van der Waals surface area contributed by atoms with Crippen LogP contribution < -0.4 is 10.4 Å². The molecule has 4 heterocycles. The molecule has 0 spiro atoms. The van der Waals surface area contributed by atoms with Gasteiger partial charge in [-0.05, 0) is 63.5 Å². The average Bonchev–Trinajstić information content (AvgIpc) is 3.65. The minimum atomic E-state index is -2.25. The topological polar surface area (TPSA) is 54.8 Å². The molecule has 0 saturated heterocycles. The second kappa shape index (κ2) is 8.54. The van der Waals surface area contributed by atoms with E-state index >= 15 is 0 Å². The Morgan fingerprint density at radius 3 is 2.26 bits per heavy atom. The summed E-state index contributed by atoms with van der Waals surface area (Å²) in [6.07, 6.45) is 3.52. The maximum absolute atomic E-state index is 9.58. The number of nitrogens with zero attached hydrogens (tertiary/aromatic N) is 3. The van der Waals surface area contributed by atoms with Crippen LogP contribution in [-0.2, 0) is 0 Å². The molecule has 5 heteroatoms. The summed E-state index contributed by atoms with van der Waals surface area (Å²) in [5.41, 5.74) is 10.8. The van der Waals surface area contributed by atoms with Crippen molar-refractivity contribution in [1.29, 1.82) is 5.26 Å². The minimum absolute atomic E-state index is 0.578. The number of hydrogen-bond acceptors (Lipinski definition) is 3. The van der Waals surface area contributed by atoms with Gasteiger partial charge in [0, 0.05) is 45.2 Å². The molecule has 0 bridgehead atoms. The molecule has 0 saturated carbocycles. The Hall–Kier alpha value is -5.44. The molecule has 1 aliphatic heterocycles. The molecule has 202 valence electrons. The number of rotatable bonds is 2. The molecule has 43 heavy (non-hydrogen) atoms. The number of hydrogen-bond donors (Lipinski definition) is 0. The Labute approximate surface area is 249 Å². The highest BCUT2D eigenvalue weighted by Gasteiger charge is 2.42. The summed E-state index contributed by atoms with van der Waals surface area (Å²) >= 11 is 0. The lowest BCUT2D eigenvalue weighted by Gasteiger charge is -2.25. The van der Waals surface area contributed by atoms with Crippen LogP contribution in [0.15, 0.2) is 120 Å². The van der Waals surface area contributed by atoms with Gasteiger partial charge in [-0.1, -0.05) is 79.8 Å². The van der Waals surface area contributed by atoms with E-state index in [1.165, 1.54) is 54.6 Å². The Morgan fingerprint density at radius 2 is 1.40 bits per heavy atom. The van der Waals surface area contributed by atoms with Gasteiger partial charge >= 0.3 is 0 Å². The predicted molar refractivity (Wildman–Crippen MR) is 178 cm³/mol. The van der Waals surface area contributed by atoms with Crippen molar-refractivity contribution in [2.75, 3.05) is 0 Å². The molecule has 0 N–H and O–H groups in total. The number of nitriles is 1. The van der Waals surface area contributed by atoms with Gasteiger partial charge in [-0.2, -0.15) is 5.26 Å². The highest BCUT2D eigenvalue weighted by molar-refractivity contribution is 7.05. The number of pyridine rings is 1. The van der Waals surface area contributed by atoms with Crippen LogP contribution in [0.5, 0.6) is 0 Å². The third-order valence-electron chi connectivity index (χ3n) is 9.24. The highest BCUT2D eigenvalue weighted by Crippen LogP contribution is 2.40. The fourth-order valence-electron chi connectivity index (χ4n) is 7.52. The molecule has 4 nitrogen and oxygen atoms in total. The van der Waals surface area contributed by atoms with E-state index in [0.29, 0.717) is 5.56 Å². The molecular formula is C38H25N3OSi. The van der Waals surface area contributed by atoms with Gasteiger partial charge in [-0.25, -0.2) is 0 Å². The summed E-state index contributed by atoms with van der Waals surface area (Å²) in [5, 5.41) is 17.1. The molecule has 0 aliphatic carbocycles. The lowest BCUT2D eigenvalue weighted by Crippen LogP contribution is -2.51. The summed E-state index contributed by atoms with van der Waals surface area (Å²) in [5.74, 6) is 0. The van der Waals surface area contributed by atoms with E-state index in [1.54, 1.807) is 6.20 Å². The first-order valence-electron chi connectivity index (χ1n) is 14.5. The van der Waals surface area contributed by atoms with Crippen molar-refractivity contribution in [3.8, 4) is 34.0 Å². The molecule has 0 amide bonds. The van der Waals surface area contributed by atoms with Crippen LogP contribution in [0.2, 0.25) is 13.1 Å². The zero-order chi connectivity index (χ0) is 28.9. The third-order valence-corrected chi connectivity index (χ3v) is 12.8. The number of para-hydroxylation sites is 2. The van der Waals surface area contributed by atoms with E-state index in [-0.39, 0.29) is 0 Å². The van der Waals surface area contributed by atoms with Crippen LogP contribution in [0.3, 0.4) is 0 Å². The van der Waals surface area contributed by atoms with Crippen LogP contribution >= 0.6 is 0 Å². The Balaban J connectivity index is 1.36. The first-order valence-corrected chi connectivity index (χ1v) is 17.5. The van der Waals surface area contributed by atoms with Crippen LogP contribution in [0.4, 0.5) is 0 Å². The molecule has 3 aromatic heterocycles. The Kier molecular flexibility index (Phi) is 4.80. The number of aromatic nitrogens is 2. The SMILES string of the molecule is C[Si]1(C)c2c(-c3cncc(C#N)c3)cccc2-c2cccc(-n3c4ccccc4c4cc5oc6ccccc6c5cc43)c21. The van der Waals surface area contributed by atoms with Crippen molar-refractivity contribution in [2.24, 2.45) is 0 Å². The molecule has 0 fully saturated rings. The second-order valence-electron chi connectivity index (χ2n) is 11.9. The second-order valence-corrected chi connectivity index (χ2v) is 16.2. The van der Waals surface area contributed by atoms with Gasteiger partial charge in [0.2, 0.25) is 0 Å². The van der Waals surface area contributed by atoms with Crippen molar-refractivity contribution in [3.63, 3.8) is 0 Å². The molecular weight excluding hydrogens is 543 g/mol. The monoisotopic (exact) mass is 567 g/mol. The minimum Gasteiger partial charge on any atom is -0.456 e. The van der Waals surface area contributed by atoms with E-state index in [0.717, 1.165) is 27.5 Å². The van der Waals surface area contributed by atoms with Gasteiger partial charge in [0.1, 0.15) is 25.3 Å². The molecule has 0 unspecified atom stereocenters. The van der Waals surface area contributed by atoms with Crippen molar-refractivity contribution in [1.82, 2.24) is 9.55 Å². The lowest BCUT2D eigenvalue weighted by molar-refractivity contribution is 0.669.